The number of hydrogen-bond donors (Lipinski definition) is 4. The van der Waals surface area contributed by atoms with Crippen LogP contribution < -0.4 is 22.1 Å². The molecule has 0 spiro atoms. The monoisotopic (exact) mass is 631 g/mol. The molecule has 0 saturated heterocycles. The summed E-state index contributed by atoms with van der Waals surface area (Å²) in [5.74, 6) is 2.14. The number of fused-ring (bicyclic) bond motifs is 2. The van der Waals surface area contributed by atoms with E-state index in [4.69, 9.17) is 16.5 Å². The number of nitrogens with two attached hydrogens (primary N) is 2. The highest BCUT2D eigenvalue weighted by Gasteiger charge is 2.14. The van der Waals surface area contributed by atoms with Crippen LogP contribution in [0, 0.1) is 6.92 Å². The van der Waals surface area contributed by atoms with Gasteiger partial charge in [-0.25, -0.2) is 9.97 Å². The molecule has 11 heteroatoms. The van der Waals surface area contributed by atoms with Gasteiger partial charge in [0.2, 0.25) is 11.9 Å². The van der Waals surface area contributed by atoms with Crippen LogP contribution in [0.1, 0.15) is 61.5 Å². The smallest absolute Gasteiger partial charge is 0.222 e. The summed E-state index contributed by atoms with van der Waals surface area (Å²) in [4.78, 5) is 22.9. The van der Waals surface area contributed by atoms with E-state index in [1.807, 2.05) is 18.3 Å². The molecule has 6 rings (SSSR count). The van der Waals surface area contributed by atoms with Crippen LogP contribution in [-0.4, -0.2) is 47.1 Å². The molecule has 0 radical (unpaired) electrons. The van der Waals surface area contributed by atoms with E-state index in [2.05, 4.69) is 102 Å². The third-order valence-corrected chi connectivity index (χ3v) is 8.37. The lowest BCUT2D eigenvalue weighted by molar-refractivity contribution is 0.661. The molecule has 0 aliphatic carbocycles. The second kappa shape index (κ2) is 14.9. The van der Waals surface area contributed by atoms with Crippen LogP contribution in [0.3, 0.4) is 0 Å². The first kappa shape index (κ1) is 31.8. The number of rotatable bonds is 16. The van der Waals surface area contributed by atoms with Gasteiger partial charge in [0.1, 0.15) is 11.0 Å². The van der Waals surface area contributed by atoms with Crippen molar-refractivity contribution in [3.63, 3.8) is 0 Å². The first-order valence-electron chi connectivity index (χ1n) is 16.7. The number of nitrogen functional groups attached to an aromatic ring is 2. The van der Waals surface area contributed by atoms with Crippen molar-refractivity contribution < 1.29 is 0 Å². The molecule has 47 heavy (non-hydrogen) atoms. The Kier molecular flexibility index (Phi) is 10.1. The molecule has 1 aromatic carbocycles. The number of aryl methyl sites for hydroxylation is 4. The molecule has 6 aromatic rings. The molecule has 0 bridgehead atoms. The van der Waals surface area contributed by atoms with E-state index in [-0.39, 0.29) is 11.9 Å². The van der Waals surface area contributed by atoms with Crippen molar-refractivity contribution in [3.8, 4) is 0 Å². The Balaban J connectivity index is 1.06. The van der Waals surface area contributed by atoms with Gasteiger partial charge in [-0.05, 0) is 80.8 Å². The fourth-order valence-electron chi connectivity index (χ4n) is 6.17. The predicted octanol–water partition coefficient (Wildman–Crippen LogP) is 6.37. The molecule has 244 valence electrons. The SMILES string of the molecule is CCCCNc1nc(N)nc2ccn(Cc3cc(CCCCNc4nc(N)nc5ccn(CCCc6ccccc6)c45)cc(C)n3)c12. The Morgan fingerprint density at radius 3 is 2.00 bits per heavy atom. The largest absolute Gasteiger partial charge is 0.368 e. The first-order valence-corrected chi connectivity index (χ1v) is 16.7. The van der Waals surface area contributed by atoms with Crippen molar-refractivity contribution in [2.24, 2.45) is 0 Å². The fraction of sp³-hybridized carbons (Fsp3) is 0.361. The zero-order chi connectivity index (χ0) is 32.6. The average molecular weight is 632 g/mol. The van der Waals surface area contributed by atoms with E-state index in [9.17, 15) is 0 Å². The summed E-state index contributed by atoms with van der Waals surface area (Å²) in [6.07, 6.45) is 11.3. The van der Waals surface area contributed by atoms with Gasteiger partial charge in [-0.2, -0.15) is 9.97 Å². The molecule has 0 unspecified atom stereocenters. The van der Waals surface area contributed by atoms with Gasteiger partial charge in [-0.1, -0.05) is 43.7 Å². The lowest BCUT2D eigenvalue weighted by Gasteiger charge is -2.13. The van der Waals surface area contributed by atoms with E-state index < -0.39 is 0 Å². The molecular weight excluding hydrogens is 586 g/mol. The minimum atomic E-state index is 0.278. The molecule has 0 aliphatic heterocycles. The highest BCUT2D eigenvalue weighted by molar-refractivity contribution is 5.88. The number of nitrogens with zero attached hydrogens (tertiary/aromatic N) is 7. The van der Waals surface area contributed by atoms with Crippen LogP contribution in [-0.2, 0) is 25.9 Å². The minimum absolute atomic E-state index is 0.278. The lowest BCUT2D eigenvalue weighted by atomic mass is 10.1. The summed E-state index contributed by atoms with van der Waals surface area (Å²) in [5.41, 5.74) is 20.4. The normalized spacial score (nSPS) is 11.4. The summed E-state index contributed by atoms with van der Waals surface area (Å²) in [7, 11) is 0. The number of anilines is 4. The molecule has 0 atom stereocenters. The van der Waals surface area contributed by atoms with Gasteiger partial charge in [-0.15, -0.1) is 0 Å². The Hall–Kier alpha value is -5.19. The average Bonchev–Trinajstić information content (AvgIpc) is 3.65. The maximum atomic E-state index is 6.07. The summed E-state index contributed by atoms with van der Waals surface area (Å²) >= 11 is 0. The third kappa shape index (κ3) is 7.97. The minimum Gasteiger partial charge on any atom is -0.368 e. The van der Waals surface area contributed by atoms with Gasteiger partial charge >= 0.3 is 0 Å². The standard InChI is InChI=1S/C36H45N11/c1-3-4-17-39-34-32-30(43-36(38)45-34)16-21-47(32)24-28-23-27(22-25(2)41-28)13-8-9-18-40-33-31-29(42-35(37)44-33)15-20-46(31)19-10-14-26-11-6-5-7-12-26/h5-7,11-12,15-16,20-23H,3-4,8-10,13-14,17-19,24H2,1-2H3,(H3,37,40,42,44)(H3,38,39,43,45). The Labute approximate surface area is 275 Å². The topological polar surface area (TPSA) is 150 Å². The van der Waals surface area contributed by atoms with Crippen molar-refractivity contribution in [1.82, 2.24) is 34.1 Å². The van der Waals surface area contributed by atoms with Gasteiger partial charge in [0.15, 0.2) is 11.6 Å². The highest BCUT2D eigenvalue weighted by Crippen LogP contribution is 2.25. The Morgan fingerprint density at radius 2 is 1.30 bits per heavy atom. The van der Waals surface area contributed by atoms with Crippen LogP contribution in [0.5, 0.6) is 0 Å². The molecule has 0 aliphatic rings. The van der Waals surface area contributed by atoms with Gasteiger partial charge in [0.25, 0.3) is 0 Å². The molecule has 11 nitrogen and oxygen atoms in total. The van der Waals surface area contributed by atoms with Crippen molar-refractivity contribution in [3.05, 3.63) is 89.5 Å². The third-order valence-electron chi connectivity index (χ3n) is 8.37. The molecule has 6 N–H and O–H groups in total. The molecule has 5 aromatic heterocycles. The maximum absolute atomic E-state index is 6.07. The van der Waals surface area contributed by atoms with Crippen LogP contribution in [0.15, 0.2) is 67.0 Å². The lowest BCUT2D eigenvalue weighted by Crippen LogP contribution is -2.10. The number of pyridine rings is 1. The second-order valence-electron chi connectivity index (χ2n) is 12.1. The maximum Gasteiger partial charge on any atom is 0.222 e. The Morgan fingerprint density at radius 1 is 0.660 bits per heavy atom. The van der Waals surface area contributed by atoms with Gasteiger partial charge < -0.3 is 31.2 Å². The molecule has 5 heterocycles. The fourth-order valence-corrected chi connectivity index (χ4v) is 6.17. The van der Waals surface area contributed by atoms with Crippen molar-refractivity contribution >= 4 is 45.6 Å². The first-order chi connectivity index (χ1) is 23.0. The van der Waals surface area contributed by atoms with Crippen molar-refractivity contribution in [2.45, 2.75) is 71.9 Å². The second-order valence-corrected chi connectivity index (χ2v) is 12.1. The van der Waals surface area contributed by atoms with Crippen LogP contribution in [0.25, 0.3) is 22.1 Å². The summed E-state index contributed by atoms with van der Waals surface area (Å²) in [6.45, 7) is 7.39. The predicted molar refractivity (Wildman–Crippen MR) is 192 cm³/mol. The van der Waals surface area contributed by atoms with Crippen molar-refractivity contribution in [1.29, 1.82) is 0 Å². The summed E-state index contributed by atoms with van der Waals surface area (Å²) < 4.78 is 4.39. The summed E-state index contributed by atoms with van der Waals surface area (Å²) in [5, 5.41) is 7.00. The van der Waals surface area contributed by atoms with E-state index >= 15 is 0 Å². The zero-order valence-corrected chi connectivity index (χ0v) is 27.4. The van der Waals surface area contributed by atoms with Crippen molar-refractivity contribution in [2.75, 3.05) is 35.2 Å². The van der Waals surface area contributed by atoms with Gasteiger partial charge in [0, 0.05) is 37.7 Å². The van der Waals surface area contributed by atoms with Crippen LogP contribution in [0.2, 0.25) is 0 Å². The molecule has 0 amide bonds. The van der Waals surface area contributed by atoms with Crippen LogP contribution >= 0.6 is 0 Å². The van der Waals surface area contributed by atoms with E-state index in [0.717, 1.165) is 110 Å². The van der Waals surface area contributed by atoms with E-state index in [1.165, 1.54) is 11.1 Å². The van der Waals surface area contributed by atoms with E-state index in [0.29, 0.717) is 6.54 Å². The number of hydrogen-bond acceptors (Lipinski definition) is 9. The molecule has 0 saturated carbocycles. The number of benzene rings is 1. The zero-order valence-electron chi connectivity index (χ0n) is 27.4. The number of nitrogens with one attached hydrogen (secondary N) is 2. The van der Waals surface area contributed by atoms with Gasteiger partial charge in [-0.3, -0.25) is 4.98 Å². The van der Waals surface area contributed by atoms with Crippen LogP contribution in [0.4, 0.5) is 23.5 Å². The molecule has 0 fully saturated rings. The number of aromatic nitrogens is 7. The number of unbranched alkanes of at least 4 members (excludes halogenated alkanes) is 2. The quantitative estimate of drug-likeness (QED) is 0.0893. The van der Waals surface area contributed by atoms with E-state index in [1.54, 1.807) is 0 Å². The highest BCUT2D eigenvalue weighted by atomic mass is 15.1. The summed E-state index contributed by atoms with van der Waals surface area (Å²) in [6, 6.07) is 19.0. The van der Waals surface area contributed by atoms with Gasteiger partial charge in [0.05, 0.1) is 23.3 Å². The molecular formula is C36H45N11. The Bertz CT molecular complexity index is 1930.